The Morgan fingerprint density at radius 2 is 2.12 bits per heavy atom. The number of hydrogen-bond acceptors (Lipinski definition) is 6. The number of hydrogen-bond donors (Lipinski definition) is 0. The maximum atomic E-state index is 12.1. The minimum Gasteiger partial charge on any atom is -0.388 e. The lowest BCUT2D eigenvalue weighted by molar-refractivity contribution is 0.159. The highest BCUT2D eigenvalue weighted by Crippen LogP contribution is 2.32. The average Bonchev–Trinajstić information content (AvgIpc) is 3.30. The Balaban J connectivity index is 1.57. The molecule has 1 unspecified atom stereocenters. The predicted octanol–water partition coefficient (Wildman–Crippen LogP) is 2.59. The molecule has 24 heavy (non-hydrogen) atoms. The van der Waals surface area contributed by atoms with E-state index in [2.05, 4.69) is 15.2 Å². The van der Waals surface area contributed by atoms with Crippen molar-refractivity contribution in [2.75, 3.05) is 6.54 Å². The van der Waals surface area contributed by atoms with Crippen LogP contribution in [0.2, 0.25) is 0 Å². The first-order valence-electron chi connectivity index (χ1n) is 8.01. The summed E-state index contributed by atoms with van der Waals surface area (Å²) < 4.78 is 12.1. The SMILES string of the molecule is Cc1cc(C2CCCN2Cn2nc(-c3ccccc3)oc2=O)on1. The zero-order valence-corrected chi connectivity index (χ0v) is 13.4. The van der Waals surface area contributed by atoms with Crippen LogP contribution in [0, 0.1) is 6.92 Å². The molecule has 0 amide bonds. The van der Waals surface area contributed by atoms with E-state index >= 15 is 0 Å². The van der Waals surface area contributed by atoms with E-state index in [-0.39, 0.29) is 6.04 Å². The van der Waals surface area contributed by atoms with Crippen LogP contribution in [0.15, 0.2) is 50.1 Å². The van der Waals surface area contributed by atoms with E-state index in [1.807, 2.05) is 43.3 Å². The summed E-state index contributed by atoms with van der Waals surface area (Å²) in [5.74, 6) is 0.727. The van der Waals surface area contributed by atoms with Crippen molar-refractivity contribution in [2.45, 2.75) is 32.5 Å². The fourth-order valence-corrected chi connectivity index (χ4v) is 3.12. The van der Waals surface area contributed by atoms with Crippen molar-refractivity contribution in [1.82, 2.24) is 19.8 Å². The van der Waals surface area contributed by atoms with Crippen LogP contribution in [0.1, 0.15) is 30.3 Å². The molecule has 1 saturated heterocycles. The van der Waals surface area contributed by atoms with Gasteiger partial charge in [0.15, 0.2) is 5.76 Å². The van der Waals surface area contributed by atoms with Gasteiger partial charge in [0.25, 0.3) is 0 Å². The van der Waals surface area contributed by atoms with Gasteiger partial charge in [-0.25, -0.2) is 4.79 Å². The maximum Gasteiger partial charge on any atom is 0.438 e. The van der Waals surface area contributed by atoms with Crippen molar-refractivity contribution in [2.24, 2.45) is 0 Å². The molecular weight excluding hydrogens is 308 g/mol. The molecule has 0 radical (unpaired) electrons. The van der Waals surface area contributed by atoms with E-state index < -0.39 is 5.76 Å². The van der Waals surface area contributed by atoms with Gasteiger partial charge >= 0.3 is 5.76 Å². The number of benzene rings is 1. The van der Waals surface area contributed by atoms with Crippen molar-refractivity contribution in [3.8, 4) is 11.5 Å². The molecule has 3 heterocycles. The van der Waals surface area contributed by atoms with E-state index in [1.54, 1.807) is 0 Å². The van der Waals surface area contributed by atoms with Crippen molar-refractivity contribution >= 4 is 0 Å². The van der Waals surface area contributed by atoms with Crippen LogP contribution in [0.25, 0.3) is 11.5 Å². The molecule has 124 valence electrons. The smallest absolute Gasteiger partial charge is 0.388 e. The Bertz CT molecular complexity index is 881. The molecule has 7 nitrogen and oxygen atoms in total. The average molecular weight is 326 g/mol. The van der Waals surface area contributed by atoms with Gasteiger partial charge in [0.1, 0.15) is 6.67 Å². The molecule has 1 aromatic carbocycles. The largest absolute Gasteiger partial charge is 0.438 e. The second kappa shape index (κ2) is 6.09. The predicted molar refractivity (Wildman–Crippen MR) is 86.1 cm³/mol. The number of rotatable bonds is 4. The summed E-state index contributed by atoms with van der Waals surface area (Å²) in [5.41, 5.74) is 1.65. The fraction of sp³-hybridized carbons (Fsp3) is 0.353. The first-order valence-corrected chi connectivity index (χ1v) is 8.01. The van der Waals surface area contributed by atoms with Crippen LogP contribution in [-0.2, 0) is 6.67 Å². The topological polar surface area (TPSA) is 77.3 Å². The Labute approximate surface area is 138 Å². The maximum absolute atomic E-state index is 12.1. The summed E-state index contributed by atoms with van der Waals surface area (Å²) >= 11 is 0. The van der Waals surface area contributed by atoms with Crippen molar-refractivity contribution in [3.63, 3.8) is 0 Å². The molecule has 1 aliphatic rings. The Hall–Kier alpha value is -2.67. The molecular formula is C17H18N4O3. The summed E-state index contributed by atoms with van der Waals surface area (Å²) in [5, 5.41) is 8.29. The van der Waals surface area contributed by atoms with E-state index in [0.717, 1.165) is 36.4 Å². The number of aryl methyl sites for hydroxylation is 1. The molecule has 0 spiro atoms. The molecule has 3 aromatic rings. The number of nitrogens with zero attached hydrogens (tertiary/aromatic N) is 4. The third-order valence-electron chi connectivity index (χ3n) is 4.28. The molecule has 0 bridgehead atoms. The van der Waals surface area contributed by atoms with Crippen LogP contribution in [0.5, 0.6) is 0 Å². The van der Waals surface area contributed by atoms with E-state index in [1.165, 1.54) is 4.68 Å². The zero-order valence-electron chi connectivity index (χ0n) is 13.4. The van der Waals surface area contributed by atoms with Crippen LogP contribution in [0.4, 0.5) is 0 Å². The minimum atomic E-state index is -0.451. The molecule has 1 fully saturated rings. The quantitative estimate of drug-likeness (QED) is 0.733. The summed E-state index contributed by atoms with van der Waals surface area (Å²) in [6, 6.07) is 11.5. The molecule has 7 heteroatoms. The molecule has 1 aliphatic heterocycles. The van der Waals surface area contributed by atoms with Gasteiger partial charge in [0.05, 0.1) is 11.7 Å². The Kier molecular flexibility index (Phi) is 3.78. The van der Waals surface area contributed by atoms with Gasteiger partial charge in [-0.15, -0.1) is 5.10 Å². The third-order valence-corrected chi connectivity index (χ3v) is 4.28. The lowest BCUT2D eigenvalue weighted by Crippen LogP contribution is -2.31. The highest BCUT2D eigenvalue weighted by Gasteiger charge is 2.30. The second-order valence-corrected chi connectivity index (χ2v) is 6.02. The van der Waals surface area contributed by atoms with Crippen LogP contribution >= 0.6 is 0 Å². The summed E-state index contributed by atoms with van der Waals surface area (Å²) in [6.07, 6.45) is 2.02. The Morgan fingerprint density at radius 3 is 2.88 bits per heavy atom. The first kappa shape index (κ1) is 14.9. The van der Waals surface area contributed by atoms with Crippen LogP contribution in [0.3, 0.4) is 0 Å². The summed E-state index contributed by atoms with van der Waals surface area (Å²) in [7, 11) is 0. The van der Waals surface area contributed by atoms with Crippen molar-refractivity contribution in [1.29, 1.82) is 0 Å². The van der Waals surface area contributed by atoms with Gasteiger partial charge in [-0.1, -0.05) is 23.4 Å². The lowest BCUT2D eigenvalue weighted by Gasteiger charge is -2.20. The molecule has 2 aromatic heterocycles. The lowest BCUT2D eigenvalue weighted by atomic mass is 10.1. The standard InChI is InChI=1S/C17H18N4O3/c1-12-10-15(24-19-12)14-8-5-9-20(14)11-21-17(22)23-16(18-21)13-6-3-2-4-7-13/h2-4,6-7,10,14H,5,8-9,11H2,1H3. The van der Waals surface area contributed by atoms with Crippen molar-refractivity contribution in [3.05, 3.63) is 58.4 Å². The minimum absolute atomic E-state index is 0.120. The van der Waals surface area contributed by atoms with Gasteiger partial charge < -0.3 is 8.94 Å². The summed E-state index contributed by atoms with van der Waals surface area (Å²) in [4.78, 5) is 14.3. The van der Waals surface area contributed by atoms with Gasteiger partial charge in [0.2, 0.25) is 5.89 Å². The molecule has 0 aliphatic carbocycles. The van der Waals surface area contributed by atoms with E-state index in [0.29, 0.717) is 12.6 Å². The van der Waals surface area contributed by atoms with Crippen molar-refractivity contribution < 1.29 is 8.94 Å². The van der Waals surface area contributed by atoms with Gasteiger partial charge in [-0.2, -0.15) is 4.68 Å². The zero-order chi connectivity index (χ0) is 16.5. The number of likely N-dealkylation sites (tertiary alicyclic amines) is 1. The monoisotopic (exact) mass is 326 g/mol. The third kappa shape index (κ3) is 2.78. The van der Waals surface area contributed by atoms with Crippen LogP contribution in [-0.4, -0.2) is 26.4 Å². The molecule has 4 rings (SSSR count). The van der Waals surface area contributed by atoms with Gasteiger partial charge in [0, 0.05) is 18.2 Å². The van der Waals surface area contributed by atoms with Gasteiger partial charge in [-0.05, 0) is 31.9 Å². The van der Waals surface area contributed by atoms with Crippen LogP contribution < -0.4 is 5.76 Å². The normalized spacial score (nSPS) is 18.3. The summed E-state index contributed by atoms with van der Waals surface area (Å²) in [6.45, 7) is 3.16. The van der Waals surface area contributed by atoms with Gasteiger partial charge in [-0.3, -0.25) is 4.90 Å². The second-order valence-electron chi connectivity index (χ2n) is 6.02. The fourth-order valence-electron chi connectivity index (χ4n) is 3.12. The molecule has 1 atom stereocenters. The first-order chi connectivity index (χ1) is 11.7. The highest BCUT2D eigenvalue weighted by molar-refractivity contribution is 5.51. The Morgan fingerprint density at radius 1 is 1.29 bits per heavy atom. The van der Waals surface area contributed by atoms with E-state index in [4.69, 9.17) is 8.94 Å². The number of aromatic nitrogens is 3. The molecule has 0 N–H and O–H groups in total. The molecule has 0 saturated carbocycles. The van der Waals surface area contributed by atoms with E-state index in [9.17, 15) is 4.79 Å². The highest BCUT2D eigenvalue weighted by atomic mass is 16.5.